The molecule has 0 aromatic heterocycles. The molecule has 0 aliphatic heterocycles. The standard InChI is InChI=1S/C11H20N2S/c1-2-7-14-8-6-13-11-5-3-4-10(11)9-12/h1,10-11,13H,3-9,12H2. The maximum absolute atomic E-state index is 5.70. The molecular weight excluding hydrogens is 192 g/mol. The Kier molecular flexibility index (Phi) is 6.09. The first-order valence-electron chi connectivity index (χ1n) is 5.33. The highest BCUT2D eigenvalue weighted by molar-refractivity contribution is 7.99. The smallest absolute Gasteiger partial charge is 0.0545 e. The van der Waals surface area contributed by atoms with E-state index in [9.17, 15) is 0 Å². The zero-order chi connectivity index (χ0) is 10.2. The van der Waals surface area contributed by atoms with Crippen molar-refractivity contribution in [2.45, 2.75) is 25.3 Å². The van der Waals surface area contributed by atoms with E-state index in [-0.39, 0.29) is 0 Å². The molecule has 0 saturated heterocycles. The second-order valence-electron chi connectivity index (χ2n) is 3.74. The molecule has 0 spiro atoms. The molecule has 3 heteroatoms. The van der Waals surface area contributed by atoms with Crippen LogP contribution in [0, 0.1) is 18.3 Å². The van der Waals surface area contributed by atoms with E-state index in [1.54, 1.807) is 0 Å². The van der Waals surface area contributed by atoms with E-state index in [0.717, 1.165) is 24.6 Å². The number of hydrogen-bond acceptors (Lipinski definition) is 3. The molecule has 0 amide bonds. The zero-order valence-corrected chi connectivity index (χ0v) is 9.48. The predicted molar refractivity (Wildman–Crippen MR) is 64.3 cm³/mol. The van der Waals surface area contributed by atoms with Gasteiger partial charge in [0.1, 0.15) is 0 Å². The molecule has 1 aliphatic rings. The maximum Gasteiger partial charge on any atom is 0.0545 e. The summed E-state index contributed by atoms with van der Waals surface area (Å²) in [5.74, 6) is 5.27. The van der Waals surface area contributed by atoms with Gasteiger partial charge in [-0.1, -0.05) is 12.3 Å². The summed E-state index contributed by atoms with van der Waals surface area (Å²) < 4.78 is 0. The van der Waals surface area contributed by atoms with Crippen LogP contribution in [0.15, 0.2) is 0 Å². The van der Waals surface area contributed by atoms with Crippen LogP contribution in [0.2, 0.25) is 0 Å². The lowest BCUT2D eigenvalue weighted by molar-refractivity contribution is 0.417. The summed E-state index contributed by atoms with van der Waals surface area (Å²) in [7, 11) is 0. The number of nitrogens with two attached hydrogens (primary N) is 1. The molecular formula is C11H20N2S. The molecule has 2 unspecified atom stereocenters. The van der Waals surface area contributed by atoms with Crippen molar-refractivity contribution in [3.8, 4) is 12.3 Å². The van der Waals surface area contributed by atoms with E-state index in [1.165, 1.54) is 19.3 Å². The summed E-state index contributed by atoms with van der Waals surface area (Å²) in [6, 6.07) is 0.659. The number of thioether (sulfide) groups is 1. The average Bonchev–Trinajstić information content (AvgIpc) is 2.65. The molecule has 0 aromatic rings. The van der Waals surface area contributed by atoms with Crippen molar-refractivity contribution in [1.29, 1.82) is 0 Å². The second-order valence-corrected chi connectivity index (χ2v) is 4.85. The van der Waals surface area contributed by atoms with E-state index in [2.05, 4.69) is 11.2 Å². The average molecular weight is 212 g/mol. The van der Waals surface area contributed by atoms with Gasteiger partial charge in [-0.25, -0.2) is 0 Å². The van der Waals surface area contributed by atoms with Crippen molar-refractivity contribution in [2.24, 2.45) is 11.7 Å². The van der Waals surface area contributed by atoms with Gasteiger partial charge in [0.2, 0.25) is 0 Å². The van der Waals surface area contributed by atoms with Crippen LogP contribution in [0.1, 0.15) is 19.3 Å². The Hall–Kier alpha value is -0.170. The highest BCUT2D eigenvalue weighted by Crippen LogP contribution is 2.24. The zero-order valence-electron chi connectivity index (χ0n) is 8.67. The third-order valence-electron chi connectivity index (χ3n) is 2.80. The summed E-state index contributed by atoms with van der Waals surface area (Å²) in [5.41, 5.74) is 5.70. The molecule has 3 N–H and O–H groups in total. The first-order chi connectivity index (χ1) is 6.88. The van der Waals surface area contributed by atoms with Crippen LogP contribution < -0.4 is 11.1 Å². The van der Waals surface area contributed by atoms with Crippen molar-refractivity contribution in [3.05, 3.63) is 0 Å². The minimum absolute atomic E-state index is 0.659. The molecule has 1 saturated carbocycles. The van der Waals surface area contributed by atoms with E-state index in [4.69, 9.17) is 12.2 Å². The fourth-order valence-corrected chi connectivity index (χ4v) is 2.56. The Bertz CT molecular complexity index is 188. The topological polar surface area (TPSA) is 38.0 Å². The van der Waals surface area contributed by atoms with Gasteiger partial charge in [0.25, 0.3) is 0 Å². The van der Waals surface area contributed by atoms with Gasteiger partial charge in [-0.05, 0) is 25.3 Å². The molecule has 1 aliphatic carbocycles. The molecule has 0 aromatic carbocycles. The van der Waals surface area contributed by atoms with Crippen molar-refractivity contribution in [1.82, 2.24) is 5.32 Å². The summed E-state index contributed by atoms with van der Waals surface area (Å²) in [6.45, 7) is 1.89. The lowest BCUT2D eigenvalue weighted by Gasteiger charge is -2.19. The molecule has 1 rings (SSSR count). The van der Waals surface area contributed by atoms with Gasteiger partial charge in [0, 0.05) is 18.3 Å². The first-order valence-corrected chi connectivity index (χ1v) is 6.48. The van der Waals surface area contributed by atoms with Crippen molar-refractivity contribution in [3.63, 3.8) is 0 Å². The number of rotatable bonds is 6. The van der Waals surface area contributed by atoms with Crippen molar-refractivity contribution in [2.75, 3.05) is 24.6 Å². The minimum atomic E-state index is 0.659. The Labute approximate surface area is 91.4 Å². The fourth-order valence-electron chi connectivity index (χ4n) is 2.04. The van der Waals surface area contributed by atoms with Crippen molar-refractivity contribution < 1.29 is 0 Å². The molecule has 2 atom stereocenters. The lowest BCUT2D eigenvalue weighted by atomic mass is 10.0. The van der Waals surface area contributed by atoms with Crippen LogP contribution in [-0.4, -0.2) is 30.6 Å². The van der Waals surface area contributed by atoms with Crippen LogP contribution in [0.25, 0.3) is 0 Å². The normalized spacial score (nSPS) is 26.3. The van der Waals surface area contributed by atoms with Gasteiger partial charge in [0.05, 0.1) is 5.75 Å². The van der Waals surface area contributed by atoms with Crippen LogP contribution >= 0.6 is 11.8 Å². The molecule has 0 bridgehead atoms. The van der Waals surface area contributed by atoms with Gasteiger partial charge in [0.15, 0.2) is 0 Å². The highest BCUT2D eigenvalue weighted by Gasteiger charge is 2.24. The molecule has 2 nitrogen and oxygen atoms in total. The Morgan fingerprint density at radius 3 is 3.07 bits per heavy atom. The van der Waals surface area contributed by atoms with Gasteiger partial charge >= 0.3 is 0 Å². The first kappa shape index (κ1) is 11.9. The summed E-state index contributed by atoms with van der Waals surface area (Å²) in [6.07, 6.45) is 9.09. The summed E-state index contributed by atoms with van der Waals surface area (Å²) in [5, 5.41) is 3.57. The fraction of sp³-hybridized carbons (Fsp3) is 0.818. The van der Waals surface area contributed by atoms with Crippen LogP contribution in [0.5, 0.6) is 0 Å². The Morgan fingerprint density at radius 1 is 1.50 bits per heavy atom. The van der Waals surface area contributed by atoms with E-state index >= 15 is 0 Å². The maximum atomic E-state index is 5.70. The molecule has 14 heavy (non-hydrogen) atoms. The summed E-state index contributed by atoms with van der Waals surface area (Å²) in [4.78, 5) is 0. The quantitative estimate of drug-likeness (QED) is 0.511. The van der Waals surface area contributed by atoms with Crippen LogP contribution in [0.3, 0.4) is 0 Å². The Balaban J connectivity index is 2.03. The van der Waals surface area contributed by atoms with Gasteiger partial charge in [-0.2, -0.15) is 0 Å². The largest absolute Gasteiger partial charge is 0.330 e. The van der Waals surface area contributed by atoms with Gasteiger partial charge in [-0.3, -0.25) is 0 Å². The Morgan fingerprint density at radius 2 is 2.36 bits per heavy atom. The highest BCUT2D eigenvalue weighted by atomic mass is 32.2. The molecule has 80 valence electrons. The number of terminal acetylenes is 1. The van der Waals surface area contributed by atoms with Gasteiger partial charge in [-0.15, -0.1) is 18.2 Å². The van der Waals surface area contributed by atoms with E-state index < -0.39 is 0 Å². The second kappa shape index (κ2) is 7.17. The molecule has 0 heterocycles. The van der Waals surface area contributed by atoms with Gasteiger partial charge < -0.3 is 11.1 Å². The third-order valence-corrected chi connectivity index (χ3v) is 3.66. The SMILES string of the molecule is C#CCSCCNC1CCCC1CN. The summed E-state index contributed by atoms with van der Waals surface area (Å²) >= 11 is 1.82. The van der Waals surface area contributed by atoms with Crippen molar-refractivity contribution >= 4 is 11.8 Å². The van der Waals surface area contributed by atoms with E-state index in [0.29, 0.717) is 12.0 Å². The lowest BCUT2D eigenvalue weighted by Crippen LogP contribution is -2.37. The number of hydrogen-bond donors (Lipinski definition) is 2. The molecule has 0 radical (unpaired) electrons. The third kappa shape index (κ3) is 3.91. The predicted octanol–water partition coefficient (Wildman–Crippen LogP) is 1.07. The van der Waals surface area contributed by atoms with E-state index in [1.807, 2.05) is 11.8 Å². The van der Waals surface area contributed by atoms with Crippen LogP contribution in [-0.2, 0) is 0 Å². The molecule has 1 fully saturated rings. The van der Waals surface area contributed by atoms with Crippen LogP contribution in [0.4, 0.5) is 0 Å². The number of nitrogens with one attached hydrogen (secondary N) is 1. The monoisotopic (exact) mass is 212 g/mol. The minimum Gasteiger partial charge on any atom is -0.330 e.